The third kappa shape index (κ3) is 5.38. The zero-order valence-electron chi connectivity index (χ0n) is 17.4. The topological polar surface area (TPSA) is 80.1 Å². The number of anilines is 1. The second-order valence-electron chi connectivity index (χ2n) is 7.37. The Morgan fingerprint density at radius 3 is 2.66 bits per heavy atom. The minimum Gasteiger partial charge on any atom is -0.335 e. The monoisotopic (exact) mass is 415 g/mol. The van der Waals surface area contributed by atoms with E-state index in [0.717, 1.165) is 48.4 Å². The summed E-state index contributed by atoms with van der Waals surface area (Å²) < 4.78 is 2.00. The van der Waals surface area contributed by atoms with Gasteiger partial charge in [-0.25, -0.2) is 0 Å². The minimum atomic E-state index is -0.0673. The molecule has 0 unspecified atom stereocenters. The molecular formula is C21H29N5O2S. The summed E-state index contributed by atoms with van der Waals surface area (Å²) in [4.78, 5) is 26.6. The zero-order valence-corrected chi connectivity index (χ0v) is 18.2. The van der Waals surface area contributed by atoms with Gasteiger partial charge >= 0.3 is 0 Å². The van der Waals surface area contributed by atoms with Crippen molar-refractivity contribution < 1.29 is 9.59 Å². The number of aromatic nitrogens is 3. The van der Waals surface area contributed by atoms with Crippen LogP contribution in [0.2, 0.25) is 0 Å². The van der Waals surface area contributed by atoms with Crippen molar-refractivity contribution in [3.8, 4) is 0 Å². The second-order valence-corrected chi connectivity index (χ2v) is 8.32. The Balaban J connectivity index is 1.62. The Hall–Kier alpha value is -2.35. The number of benzene rings is 1. The smallest absolute Gasteiger partial charge is 0.234 e. The molecule has 0 aliphatic carbocycles. The van der Waals surface area contributed by atoms with Crippen molar-refractivity contribution in [1.29, 1.82) is 0 Å². The second kappa shape index (κ2) is 9.91. The summed E-state index contributed by atoms with van der Waals surface area (Å²) in [5.74, 6) is 1.16. The average Bonchev–Trinajstić information content (AvgIpc) is 2.97. The van der Waals surface area contributed by atoms with Crippen molar-refractivity contribution in [3.05, 3.63) is 35.2 Å². The molecule has 1 N–H and O–H groups in total. The van der Waals surface area contributed by atoms with E-state index in [4.69, 9.17) is 0 Å². The summed E-state index contributed by atoms with van der Waals surface area (Å²) in [6.45, 7) is 7.95. The van der Waals surface area contributed by atoms with Crippen LogP contribution in [0.15, 0.2) is 23.4 Å². The predicted octanol–water partition coefficient (Wildman–Crippen LogP) is 3.55. The summed E-state index contributed by atoms with van der Waals surface area (Å²) in [6.07, 6.45) is 3.71. The molecule has 1 aromatic heterocycles. The molecule has 0 saturated carbocycles. The predicted molar refractivity (Wildman–Crippen MR) is 115 cm³/mol. The van der Waals surface area contributed by atoms with E-state index >= 15 is 0 Å². The summed E-state index contributed by atoms with van der Waals surface area (Å²) in [5.41, 5.74) is 2.96. The number of carbonyl (C=O) groups excluding carboxylic acids is 2. The molecule has 3 rings (SSSR count). The fourth-order valence-electron chi connectivity index (χ4n) is 3.55. The van der Waals surface area contributed by atoms with Gasteiger partial charge in [-0.15, -0.1) is 10.2 Å². The Labute approximate surface area is 176 Å². The van der Waals surface area contributed by atoms with Crippen LogP contribution in [0.1, 0.15) is 49.6 Å². The number of likely N-dealkylation sites (tertiary alicyclic amines) is 1. The number of hydrogen-bond acceptors (Lipinski definition) is 5. The zero-order chi connectivity index (χ0) is 20.8. The van der Waals surface area contributed by atoms with Crippen molar-refractivity contribution in [2.75, 3.05) is 17.6 Å². The highest BCUT2D eigenvalue weighted by Crippen LogP contribution is 2.22. The first-order valence-corrected chi connectivity index (χ1v) is 11.2. The van der Waals surface area contributed by atoms with E-state index in [-0.39, 0.29) is 17.6 Å². The number of nitrogens with one attached hydrogen (secondary N) is 1. The normalized spacial score (nSPS) is 14.7. The quantitative estimate of drug-likeness (QED) is 0.700. The van der Waals surface area contributed by atoms with Gasteiger partial charge in [-0.2, -0.15) is 0 Å². The van der Waals surface area contributed by atoms with E-state index in [1.165, 1.54) is 11.8 Å². The van der Waals surface area contributed by atoms with E-state index in [1.807, 2.05) is 48.4 Å². The van der Waals surface area contributed by atoms with Crippen molar-refractivity contribution in [1.82, 2.24) is 19.7 Å². The van der Waals surface area contributed by atoms with Gasteiger partial charge in [-0.1, -0.05) is 36.4 Å². The number of aryl methyl sites for hydroxylation is 2. The highest BCUT2D eigenvalue weighted by Gasteiger charge is 2.21. The van der Waals surface area contributed by atoms with Gasteiger partial charge in [0.2, 0.25) is 11.8 Å². The molecule has 0 bridgehead atoms. The van der Waals surface area contributed by atoms with E-state index < -0.39 is 0 Å². The number of hydrogen-bond donors (Lipinski definition) is 1. The number of carbonyl (C=O) groups is 2. The molecule has 1 fully saturated rings. The lowest BCUT2D eigenvalue weighted by molar-refractivity contribution is -0.131. The first-order valence-electron chi connectivity index (χ1n) is 10.2. The lowest BCUT2D eigenvalue weighted by atomic mass is 10.1. The Morgan fingerprint density at radius 2 is 1.93 bits per heavy atom. The molecule has 1 aliphatic heterocycles. The molecule has 2 heterocycles. The van der Waals surface area contributed by atoms with Gasteiger partial charge in [-0.05, 0) is 44.7 Å². The average molecular weight is 416 g/mol. The van der Waals surface area contributed by atoms with Crippen LogP contribution in [-0.2, 0) is 22.7 Å². The standard InChI is InChI=1S/C21H29N5O2S/c1-4-26-17(13-25-12-7-5-6-11-19(25)28)23-24-21(26)29-14-18(27)22-20-15(2)9-8-10-16(20)3/h8-10H,4-7,11-14H2,1-3H3,(H,22,27). The molecule has 8 heteroatoms. The van der Waals surface area contributed by atoms with Gasteiger partial charge in [0, 0.05) is 25.2 Å². The third-order valence-electron chi connectivity index (χ3n) is 5.19. The van der Waals surface area contributed by atoms with E-state index in [0.29, 0.717) is 24.7 Å². The van der Waals surface area contributed by atoms with Crippen molar-refractivity contribution in [3.63, 3.8) is 0 Å². The van der Waals surface area contributed by atoms with Crippen LogP contribution in [0.25, 0.3) is 0 Å². The van der Waals surface area contributed by atoms with Crippen LogP contribution >= 0.6 is 11.8 Å². The minimum absolute atomic E-state index is 0.0673. The first-order chi connectivity index (χ1) is 14.0. The molecule has 2 amide bonds. The molecule has 29 heavy (non-hydrogen) atoms. The Bertz CT molecular complexity index is 860. The fraction of sp³-hybridized carbons (Fsp3) is 0.524. The molecular weight excluding hydrogens is 386 g/mol. The number of thioether (sulfide) groups is 1. The maximum Gasteiger partial charge on any atom is 0.234 e. The number of amides is 2. The number of para-hydroxylation sites is 1. The SMILES string of the molecule is CCn1c(CN2CCCCCC2=O)nnc1SCC(=O)Nc1c(C)cccc1C. The van der Waals surface area contributed by atoms with Crippen LogP contribution < -0.4 is 5.32 Å². The van der Waals surface area contributed by atoms with Crippen LogP contribution in [0, 0.1) is 13.8 Å². The Kier molecular flexibility index (Phi) is 7.30. The molecule has 1 aliphatic rings. The third-order valence-corrected chi connectivity index (χ3v) is 6.16. The fourth-order valence-corrected chi connectivity index (χ4v) is 4.38. The first kappa shape index (κ1) is 21.4. The van der Waals surface area contributed by atoms with Crippen molar-refractivity contribution in [2.24, 2.45) is 0 Å². The molecule has 7 nitrogen and oxygen atoms in total. The number of nitrogens with zero attached hydrogens (tertiary/aromatic N) is 4. The maximum absolute atomic E-state index is 12.5. The molecule has 156 valence electrons. The highest BCUT2D eigenvalue weighted by molar-refractivity contribution is 7.99. The van der Waals surface area contributed by atoms with Gasteiger partial charge in [0.25, 0.3) is 0 Å². The van der Waals surface area contributed by atoms with E-state index in [2.05, 4.69) is 15.5 Å². The van der Waals surface area contributed by atoms with Crippen LogP contribution in [0.4, 0.5) is 5.69 Å². The summed E-state index contributed by atoms with van der Waals surface area (Å²) >= 11 is 1.37. The highest BCUT2D eigenvalue weighted by atomic mass is 32.2. The molecule has 2 aromatic rings. The lowest BCUT2D eigenvalue weighted by Gasteiger charge is -2.20. The Morgan fingerprint density at radius 1 is 1.17 bits per heavy atom. The van der Waals surface area contributed by atoms with E-state index in [1.54, 1.807) is 0 Å². The largest absolute Gasteiger partial charge is 0.335 e. The van der Waals surface area contributed by atoms with Gasteiger partial charge < -0.3 is 14.8 Å². The lowest BCUT2D eigenvalue weighted by Crippen LogP contribution is -2.31. The summed E-state index contributed by atoms with van der Waals surface area (Å²) in [5, 5.41) is 12.3. The van der Waals surface area contributed by atoms with Crippen LogP contribution in [-0.4, -0.2) is 43.8 Å². The molecule has 1 saturated heterocycles. The summed E-state index contributed by atoms with van der Waals surface area (Å²) in [7, 11) is 0. The summed E-state index contributed by atoms with van der Waals surface area (Å²) in [6, 6.07) is 5.95. The van der Waals surface area contributed by atoms with Crippen molar-refractivity contribution >= 4 is 29.3 Å². The maximum atomic E-state index is 12.5. The molecule has 0 atom stereocenters. The van der Waals surface area contributed by atoms with Crippen LogP contribution in [0.3, 0.4) is 0 Å². The van der Waals surface area contributed by atoms with Gasteiger partial charge in [0.05, 0.1) is 12.3 Å². The number of rotatable bonds is 7. The molecule has 0 spiro atoms. The van der Waals surface area contributed by atoms with Crippen molar-refractivity contribution in [2.45, 2.75) is 64.7 Å². The van der Waals surface area contributed by atoms with Gasteiger partial charge in [0.1, 0.15) is 0 Å². The molecule has 1 aromatic carbocycles. The molecule has 0 radical (unpaired) electrons. The van der Waals surface area contributed by atoms with E-state index in [9.17, 15) is 9.59 Å². The van der Waals surface area contributed by atoms with Crippen LogP contribution in [0.5, 0.6) is 0 Å². The van der Waals surface area contributed by atoms with Gasteiger partial charge in [-0.3, -0.25) is 9.59 Å². The van der Waals surface area contributed by atoms with Gasteiger partial charge in [0.15, 0.2) is 11.0 Å².